The topological polar surface area (TPSA) is 73.4 Å². The zero-order valence-electron chi connectivity index (χ0n) is 12.8. The van der Waals surface area contributed by atoms with Crippen molar-refractivity contribution in [3.63, 3.8) is 0 Å². The molecule has 7 nitrogen and oxygen atoms in total. The number of imidazole rings is 1. The average Bonchev–Trinajstić information content (AvgIpc) is 3.08. The van der Waals surface area contributed by atoms with Crippen molar-refractivity contribution in [2.75, 3.05) is 18.0 Å². The summed E-state index contributed by atoms with van der Waals surface area (Å²) >= 11 is 0. The van der Waals surface area contributed by atoms with Crippen LogP contribution < -0.4 is 9.64 Å². The van der Waals surface area contributed by atoms with Crippen molar-refractivity contribution in [1.82, 2.24) is 9.55 Å². The van der Waals surface area contributed by atoms with Gasteiger partial charge in [0.25, 0.3) is 5.92 Å². The first-order valence-electron chi connectivity index (χ1n) is 7.40. The van der Waals surface area contributed by atoms with E-state index in [0.717, 1.165) is 0 Å². The summed E-state index contributed by atoms with van der Waals surface area (Å²) in [5.74, 6) is -3.19. The first-order valence-corrected chi connectivity index (χ1v) is 7.40. The molecular weight excluding hydrogens is 322 g/mol. The molecule has 0 N–H and O–H groups in total. The molecule has 0 radical (unpaired) electrons. The molecule has 0 fully saturated rings. The van der Waals surface area contributed by atoms with Gasteiger partial charge in [-0.25, -0.2) is 0 Å². The van der Waals surface area contributed by atoms with Gasteiger partial charge < -0.3 is 19.8 Å². The summed E-state index contributed by atoms with van der Waals surface area (Å²) in [5, 5.41) is 10.7. The van der Waals surface area contributed by atoms with Gasteiger partial charge >= 0.3 is 11.8 Å². The third kappa shape index (κ3) is 2.19. The molecule has 0 spiro atoms. The number of alkyl halides is 2. The summed E-state index contributed by atoms with van der Waals surface area (Å²) in [7, 11) is 0. The molecule has 0 saturated heterocycles. The fourth-order valence-electron chi connectivity index (χ4n) is 3.38. The molecule has 9 heteroatoms. The maximum atomic E-state index is 14.2. The predicted octanol–water partition coefficient (Wildman–Crippen LogP) is 2.55. The lowest BCUT2D eigenvalue weighted by molar-refractivity contribution is -0.389. The highest BCUT2D eigenvalue weighted by Gasteiger charge is 2.48. The number of nitrogens with zero attached hydrogens (tertiary/aromatic N) is 4. The van der Waals surface area contributed by atoms with Gasteiger partial charge in [0.1, 0.15) is 11.8 Å². The van der Waals surface area contributed by atoms with Gasteiger partial charge in [0, 0.05) is 16.2 Å². The van der Waals surface area contributed by atoms with Crippen molar-refractivity contribution in [3.8, 4) is 6.01 Å². The van der Waals surface area contributed by atoms with Gasteiger partial charge in [0.05, 0.1) is 19.6 Å². The normalized spacial score (nSPS) is 23.7. The minimum atomic E-state index is -2.90. The van der Waals surface area contributed by atoms with Crippen molar-refractivity contribution in [2.45, 2.75) is 25.0 Å². The minimum absolute atomic E-state index is 0.0139. The Labute approximate surface area is 135 Å². The number of para-hydroxylation sites is 1. The summed E-state index contributed by atoms with van der Waals surface area (Å²) in [6.07, 6.45) is 1.30. The van der Waals surface area contributed by atoms with Crippen LogP contribution in [0.2, 0.25) is 0 Å². The van der Waals surface area contributed by atoms with Crippen LogP contribution in [0.25, 0.3) is 0 Å². The Bertz CT molecular complexity index is 812. The van der Waals surface area contributed by atoms with Crippen LogP contribution in [0.5, 0.6) is 6.01 Å². The van der Waals surface area contributed by atoms with Gasteiger partial charge in [-0.15, -0.1) is 0 Å². The molecule has 0 amide bonds. The Morgan fingerprint density at radius 3 is 2.83 bits per heavy atom. The molecule has 1 aromatic carbocycles. The second kappa shape index (κ2) is 4.65. The van der Waals surface area contributed by atoms with E-state index in [0.29, 0.717) is 12.2 Å². The Morgan fingerprint density at radius 2 is 2.12 bits per heavy atom. The summed E-state index contributed by atoms with van der Waals surface area (Å²) in [6.45, 7) is 1.92. The lowest BCUT2D eigenvalue weighted by Gasteiger charge is -2.29. The van der Waals surface area contributed by atoms with Crippen molar-refractivity contribution in [1.29, 1.82) is 0 Å². The van der Waals surface area contributed by atoms with E-state index in [1.54, 1.807) is 30.0 Å². The lowest BCUT2D eigenvalue weighted by atomic mass is 10.1. The first kappa shape index (κ1) is 14.9. The number of fused-ring (bicyclic) bond motifs is 2. The molecule has 2 aliphatic heterocycles. The van der Waals surface area contributed by atoms with Crippen molar-refractivity contribution in [3.05, 3.63) is 46.1 Å². The Balaban J connectivity index is 1.56. The predicted molar refractivity (Wildman–Crippen MR) is 80.5 cm³/mol. The highest BCUT2D eigenvalue weighted by molar-refractivity contribution is 5.61. The van der Waals surface area contributed by atoms with E-state index < -0.39 is 23.0 Å². The third-order valence-electron chi connectivity index (χ3n) is 4.31. The van der Waals surface area contributed by atoms with E-state index in [4.69, 9.17) is 4.74 Å². The number of anilines is 1. The molecule has 0 saturated carbocycles. The highest BCUT2D eigenvalue weighted by atomic mass is 19.3. The summed E-state index contributed by atoms with van der Waals surface area (Å²) in [4.78, 5) is 15.5. The SMILES string of the molecule is CC1(CN2CC(F)(F)c3ccccc32)Cn2cc([N+](=O)[O-])nc2O1. The van der Waals surface area contributed by atoms with Crippen LogP contribution in [0.15, 0.2) is 30.5 Å². The van der Waals surface area contributed by atoms with E-state index >= 15 is 0 Å². The van der Waals surface area contributed by atoms with Gasteiger partial charge in [0.15, 0.2) is 0 Å². The molecule has 1 unspecified atom stereocenters. The summed E-state index contributed by atoms with van der Waals surface area (Å²) < 4.78 is 35.6. The van der Waals surface area contributed by atoms with Gasteiger partial charge in [-0.1, -0.05) is 18.2 Å². The minimum Gasteiger partial charge on any atom is -0.436 e. The van der Waals surface area contributed by atoms with Crippen LogP contribution in [0.4, 0.5) is 20.3 Å². The number of aromatic nitrogens is 2. The Kier molecular flexibility index (Phi) is 2.88. The van der Waals surface area contributed by atoms with E-state index in [9.17, 15) is 18.9 Å². The molecule has 2 aromatic rings. The van der Waals surface area contributed by atoms with E-state index in [1.165, 1.54) is 16.8 Å². The lowest BCUT2D eigenvalue weighted by Crippen LogP contribution is -2.45. The van der Waals surface area contributed by atoms with Gasteiger partial charge in [-0.3, -0.25) is 4.57 Å². The van der Waals surface area contributed by atoms with E-state index in [2.05, 4.69) is 4.98 Å². The van der Waals surface area contributed by atoms with Crippen LogP contribution >= 0.6 is 0 Å². The number of benzene rings is 1. The fourth-order valence-corrected chi connectivity index (χ4v) is 3.38. The molecule has 3 heterocycles. The fraction of sp³-hybridized carbons (Fsp3) is 0.400. The van der Waals surface area contributed by atoms with Crippen molar-refractivity contribution < 1.29 is 18.4 Å². The monoisotopic (exact) mass is 336 g/mol. The molecule has 2 aliphatic rings. The number of halogens is 2. The molecule has 24 heavy (non-hydrogen) atoms. The summed E-state index contributed by atoms with van der Waals surface area (Å²) in [5.41, 5.74) is -0.284. The number of nitro groups is 1. The second-order valence-corrected chi connectivity index (χ2v) is 6.40. The maximum absolute atomic E-state index is 14.2. The number of hydrogen-bond acceptors (Lipinski definition) is 5. The number of hydrogen-bond donors (Lipinski definition) is 0. The first-order chi connectivity index (χ1) is 11.3. The van der Waals surface area contributed by atoms with Gasteiger partial charge in [0.2, 0.25) is 0 Å². The van der Waals surface area contributed by atoms with Crippen molar-refractivity contribution >= 4 is 11.5 Å². The Morgan fingerprint density at radius 1 is 1.38 bits per heavy atom. The maximum Gasteiger partial charge on any atom is 0.415 e. The molecule has 0 bridgehead atoms. The second-order valence-electron chi connectivity index (χ2n) is 6.40. The zero-order chi connectivity index (χ0) is 17.1. The van der Waals surface area contributed by atoms with E-state index in [1.807, 2.05) is 0 Å². The van der Waals surface area contributed by atoms with Crippen LogP contribution in [0.3, 0.4) is 0 Å². The van der Waals surface area contributed by atoms with Crippen molar-refractivity contribution in [2.24, 2.45) is 0 Å². The van der Waals surface area contributed by atoms with Crippen LogP contribution in [0, 0.1) is 10.1 Å². The quantitative estimate of drug-likeness (QED) is 0.636. The highest BCUT2D eigenvalue weighted by Crippen LogP contribution is 2.44. The standard InChI is InChI=1S/C15H14F2N4O3/c1-14(7-19-6-12(21(22)23)18-13(19)24-14)8-20-9-15(16,17)10-4-2-3-5-11(10)20/h2-6H,7-9H2,1H3. The van der Waals surface area contributed by atoms with Gasteiger partial charge in [-0.2, -0.15) is 8.78 Å². The average molecular weight is 336 g/mol. The third-order valence-corrected chi connectivity index (χ3v) is 4.31. The largest absolute Gasteiger partial charge is 0.436 e. The molecule has 0 aliphatic carbocycles. The molecule has 126 valence electrons. The van der Waals surface area contributed by atoms with E-state index in [-0.39, 0.29) is 23.9 Å². The molecule has 1 atom stereocenters. The zero-order valence-corrected chi connectivity index (χ0v) is 12.8. The molecule has 4 rings (SSSR count). The number of rotatable bonds is 3. The molecule has 1 aromatic heterocycles. The number of ether oxygens (including phenoxy) is 1. The van der Waals surface area contributed by atoms with Crippen LogP contribution in [-0.4, -0.2) is 33.2 Å². The summed E-state index contributed by atoms with van der Waals surface area (Å²) in [6, 6.07) is 6.56. The smallest absolute Gasteiger partial charge is 0.415 e. The van der Waals surface area contributed by atoms with Crippen LogP contribution in [0.1, 0.15) is 12.5 Å². The van der Waals surface area contributed by atoms with Gasteiger partial charge in [-0.05, 0) is 17.9 Å². The Hall–Kier alpha value is -2.71. The van der Waals surface area contributed by atoms with Crippen LogP contribution in [-0.2, 0) is 12.5 Å². The molecular formula is C15H14F2N4O3.